The van der Waals surface area contributed by atoms with E-state index in [0.29, 0.717) is 5.41 Å². The Kier molecular flexibility index (Phi) is 11.6. The van der Waals surface area contributed by atoms with Crippen molar-refractivity contribution < 1.29 is 0 Å². The standard InChI is InChI=1S/C20H42/c1-7-11-13-18(5)14-15-19(6)20(10-4,16-9-3)17-12-8-2/h18-19H,7-17H2,1-6H3. The van der Waals surface area contributed by atoms with Crippen LogP contribution in [0.25, 0.3) is 0 Å². The van der Waals surface area contributed by atoms with Crippen LogP contribution in [0.5, 0.6) is 0 Å². The molecular formula is C20H42. The largest absolute Gasteiger partial charge is 0.0654 e. The maximum Gasteiger partial charge on any atom is -0.0275 e. The molecule has 0 aliphatic carbocycles. The highest BCUT2D eigenvalue weighted by Crippen LogP contribution is 2.44. The zero-order valence-electron chi connectivity index (χ0n) is 15.4. The molecule has 0 spiro atoms. The first-order chi connectivity index (χ1) is 9.56. The van der Waals surface area contributed by atoms with E-state index in [1.165, 1.54) is 70.6 Å². The van der Waals surface area contributed by atoms with Crippen LogP contribution in [-0.4, -0.2) is 0 Å². The van der Waals surface area contributed by atoms with Crippen LogP contribution in [0, 0.1) is 17.3 Å². The second-order valence-electron chi connectivity index (χ2n) is 7.30. The highest BCUT2D eigenvalue weighted by atomic mass is 14.4. The molecule has 0 aliphatic rings. The highest BCUT2D eigenvalue weighted by molar-refractivity contribution is 4.83. The minimum Gasteiger partial charge on any atom is -0.0654 e. The molecule has 0 saturated carbocycles. The van der Waals surface area contributed by atoms with Crippen molar-refractivity contribution in [3.63, 3.8) is 0 Å². The lowest BCUT2D eigenvalue weighted by atomic mass is 9.66. The molecule has 3 atom stereocenters. The predicted molar refractivity (Wildman–Crippen MR) is 94.2 cm³/mol. The summed E-state index contributed by atoms with van der Waals surface area (Å²) in [5.41, 5.74) is 0.634. The van der Waals surface area contributed by atoms with E-state index in [9.17, 15) is 0 Å². The Balaban J connectivity index is 4.41. The molecule has 0 fully saturated rings. The minimum absolute atomic E-state index is 0.634. The summed E-state index contributed by atoms with van der Waals surface area (Å²) in [4.78, 5) is 0. The molecule has 0 heteroatoms. The van der Waals surface area contributed by atoms with E-state index in [2.05, 4.69) is 41.5 Å². The zero-order valence-corrected chi connectivity index (χ0v) is 15.4. The van der Waals surface area contributed by atoms with E-state index >= 15 is 0 Å². The molecule has 0 nitrogen and oxygen atoms in total. The molecule has 0 bridgehead atoms. The first-order valence-corrected chi connectivity index (χ1v) is 9.56. The van der Waals surface area contributed by atoms with Gasteiger partial charge in [0.25, 0.3) is 0 Å². The van der Waals surface area contributed by atoms with E-state index in [-0.39, 0.29) is 0 Å². The van der Waals surface area contributed by atoms with Crippen molar-refractivity contribution >= 4 is 0 Å². The topological polar surface area (TPSA) is 0 Å². The van der Waals surface area contributed by atoms with Gasteiger partial charge in [-0.1, -0.05) is 92.9 Å². The number of unbranched alkanes of at least 4 members (excludes halogenated alkanes) is 2. The second-order valence-corrected chi connectivity index (χ2v) is 7.30. The van der Waals surface area contributed by atoms with E-state index in [1.807, 2.05) is 0 Å². The van der Waals surface area contributed by atoms with Gasteiger partial charge in [0.15, 0.2) is 0 Å². The molecule has 3 unspecified atom stereocenters. The molecule has 0 aromatic carbocycles. The van der Waals surface area contributed by atoms with E-state index in [1.54, 1.807) is 0 Å². The average Bonchev–Trinajstić information content (AvgIpc) is 2.46. The number of hydrogen-bond donors (Lipinski definition) is 0. The lowest BCUT2D eigenvalue weighted by molar-refractivity contribution is 0.114. The lowest BCUT2D eigenvalue weighted by Gasteiger charge is -2.39. The van der Waals surface area contributed by atoms with Gasteiger partial charge in [-0.25, -0.2) is 0 Å². The van der Waals surface area contributed by atoms with Gasteiger partial charge in [-0.05, 0) is 36.5 Å². The molecule has 0 heterocycles. The average molecular weight is 283 g/mol. The Morgan fingerprint density at radius 2 is 1.35 bits per heavy atom. The van der Waals surface area contributed by atoms with Gasteiger partial charge in [0.1, 0.15) is 0 Å². The van der Waals surface area contributed by atoms with E-state index in [4.69, 9.17) is 0 Å². The molecular weight excluding hydrogens is 240 g/mol. The molecule has 0 rings (SSSR count). The molecule has 0 aromatic heterocycles. The van der Waals surface area contributed by atoms with Crippen molar-refractivity contribution in [1.29, 1.82) is 0 Å². The predicted octanol–water partition coefficient (Wildman–Crippen LogP) is 7.62. The molecule has 20 heavy (non-hydrogen) atoms. The maximum atomic E-state index is 2.54. The van der Waals surface area contributed by atoms with Crippen molar-refractivity contribution in [2.45, 2.75) is 112 Å². The van der Waals surface area contributed by atoms with Gasteiger partial charge in [0.2, 0.25) is 0 Å². The van der Waals surface area contributed by atoms with Gasteiger partial charge in [-0.2, -0.15) is 0 Å². The third kappa shape index (κ3) is 7.14. The maximum absolute atomic E-state index is 2.54. The van der Waals surface area contributed by atoms with Crippen molar-refractivity contribution in [2.75, 3.05) is 0 Å². The van der Waals surface area contributed by atoms with Gasteiger partial charge < -0.3 is 0 Å². The normalized spacial score (nSPS) is 17.7. The summed E-state index contributed by atoms with van der Waals surface area (Å²) in [7, 11) is 0. The van der Waals surface area contributed by atoms with Gasteiger partial charge in [0, 0.05) is 0 Å². The van der Waals surface area contributed by atoms with Crippen LogP contribution in [0.4, 0.5) is 0 Å². The van der Waals surface area contributed by atoms with Crippen LogP contribution in [-0.2, 0) is 0 Å². The van der Waals surface area contributed by atoms with Crippen LogP contribution in [0.15, 0.2) is 0 Å². The number of rotatable bonds is 13. The van der Waals surface area contributed by atoms with Gasteiger partial charge in [-0.15, -0.1) is 0 Å². The fourth-order valence-corrected chi connectivity index (χ4v) is 3.88. The van der Waals surface area contributed by atoms with E-state index in [0.717, 1.165) is 11.8 Å². The minimum atomic E-state index is 0.634. The Labute approximate surface area is 130 Å². The summed E-state index contributed by atoms with van der Waals surface area (Å²) in [6.07, 6.45) is 15.5. The Hall–Kier alpha value is 0. The molecule has 0 N–H and O–H groups in total. The summed E-state index contributed by atoms with van der Waals surface area (Å²) < 4.78 is 0. The van der Waals surface area contributed by atoms with Crippen LogP contribution in [0.2, 0.25) is 0 Å². The van der Waals surface area contributed by atoms with Crippen LogP contribution >= 0.6 is 0 Å². The SMILES string of the molecule is CCCCC(C)CCC(C)C(CC)(CCC)CCCC. The summed E-state index contributed by atoms with van der Waals surface area (Å²) >= 11 is 0. The third-order valence-corrected chi connectivity index (χ3v) is 5.67. The summed E-state index contributed by atoms with van der Waals surface area (Å²) in [5, 5.41) is 0. The summed E-state index contributed by atoms with van der Waals surface area (Å²) in [5.74, 6) is 1.84. The van der Waals surface area contributed by atoms with Crippen molar-refractivity contribution in [3.05, 3.63) is 0 Å². The first-order valence-electron chi connectivity index (χ1n) is 9.56. The monoisotopic (exact) mass is 282 g/mol. The zero-order chi connectivity index (χ0) is 15.4. The number of hydrogen-bond acceptors (Lipinski definition) is 0. The molecule has 0 saturated heterocycles. The molecule has 0 radical (unpaired) electrons. The summed E-state index contributed by atoms with van der Waals surface area (Å²) in [6, 6.07) is 0. The van der Waals surface area contributed by atoms with Crippen molar-refractivity contribution in [1.82, 2.24) is 0 Å². The Morgan fingerprint density at radius 3 is 1.85 bits per heavy atom. The van der Waals surface area contributed by atoms with Crippen molar-refractivity contribution in [2.24, 2.45) is 17.3 Å². The summed E-state index contributed by atoms with van der Waals surface area (Å²) in [6.45, 7) is 14.5. The molecule has 0 aromatic rings. The van der Waals surface area contributed by atoms with E-state index < -0.39 is 0 Å². The van der Waals surface area contributed by atoms with Crippen LogP contribution < -0.4 is 0 Å². The van der Waals surface area contributed by atoms with Crippen molar-refractivity contribution in [3.8, 4) is 0 Å². The second kappa shape index (κ2) is 11.6. The van der Waals surface area contributed by atoms with Crippen LogP contribution in [0.3, 0.4) is 0 Å². The first kappa shape index (κ1) is 20.0. The third-order valence-electron chi connectivity index (χ3n) is 5.67. The molecule has 0 aliphatic heterocycles. The Morgan fingerprint density at radius 1 is 0.700 bits per heavy atom. The molecule has 0 amide bonds. The quantitative estimate of drug-likeness (QED) is 0.326. The van der Waals surface area contributed by atoms with Crippen LogP contribution in [0.1, 0.15) is 112 Å². The van der Waals surface area contributed by atoms with Gasteiger partial charge in [-0.3, -0.25) is 0 Å². The lowest BCUT2D eigenvalue weighted by Crippen LogP contribution is -2.28. The fourth-order valence-electron chi connectivity index (χ4n) is 3.88. The fraction of sp³-hybridized carbons (Fsp3) is 1.00. The smallest absolute Gasteiger partial charge is 0.0275 e. The highest BCUT2D eigenvalue weighted by Gasteiger charge is 2.32. The molecule has 122 valence electrons. The van der Waals surface area contributed by atoms with Gasteiger partial charge in [0.05, 0.1) is 0 Å². The Bertz CT molecular complexity index is 208. The van der Waals surface area contributed by atoms with Gasteiger partial charge >= 0.3 is 0 Å².